The van der Waals surface area contributed by atoms with E-state index in [9.17, 15) is 9.59 Å². The van der Waals surface area contributed by atoms with E-state index in [0.717, 1.165) is 5.56 Å². The molecule has 0 radical (unpaired) electrons. The van der Waals surface area contributed by atoms with E-state index in [4.69, 9.17) is 4.74 Å². The summed E-state index contributed by atoms with van der Waals surface area (Å²) in [5.41, 5.74) is 4.11. The van der Waals surface area contributed by atoms with E-state index >= 15 is 0 Å². The summed E-state index contributed by atoms with van der Waals surface area (Å²) in [6.45, 7) is 0. The van der Waals surface area contributed by atoms with Crippen molar-refractivity contribution in [3.05, 3.63) is 60.2 Å². The summed E-state index contributed by atoms with van der Waals surface area (Å²) >= 11 is 0. The van der Waals surface area contributed by atoms with Crippen molar-refractivity contribution in [1.82, 2.24) is 10.7 Å². The molecular weight excluding hydrogens is 346 g/mol. The Kier molecular flexibility index (Phi) is 5.78. The average molecular weight is 365 g/mol. The quantitative estimate of drug-likeness (QED) is 0.533. The van der Waals surface area contributed by atoms with Crippen molar-refractivity contribution in [3.63, 3.8) is 0 Å². The molecule has 0 aliphatic carbocycles. The lowest BCUT2D eigenvalue weighted by Gasteiger charge is -2.10. The number of hydrazone groups is 1. The minimum atomic E-state index is -0.811. The van der Waals surface area contributed by atoms with E-state index in [-0.39, 0.29) is 24.2 Å². The molecule has 0 saturated carbocycles. The minimum absolute atomic E-state index is 0.0859. The summed E-state index contributed by atoms with van der Waals surface area (Å²) in [6.07, 6.45) is 1.52. The van der Waals surface area contributed by atoms with Crippen LogP contribution >= 0.6 is 0 Å². The third-order valence-corrected chi connectivity index (χ3v) is 3.77. The maximum Gasteiger partial charge on any atom is 0.252 e. The highest BCUT2D eigenvalue weighted by Crippen LogP contribution is 2.23. The molecule has 3 rings (SSSR count). The fourth-order valence-corrected chi connectivity index (χ4v) is 2.47. The zero-order valence-corrected chi connectivity index (χ0v) is 14.7. The smallest absolute Gasteiger partial charge is 0.252 e. The Hall–Kier alpha value is -3.68. The number of nitrogens with one attached hydrogen (secondary N) is 3. The first-order chi connectivity index (χ1) is 13.2. The summed E-state index contributed by atoms with van der Waals surface area (Å²) in [5.74, 6) is 0.0603. The van der Waals surface area contributed by atoms with Crippen LogP contribution in [-0.4, -0.2) is 37.1 Å². The Morgan fingerprint density at radius 2 is 1.96 bits per heavy atom. The molecule has 0 aromatic heterocycles. The van der Waals surface area contributed by atoms with Gasteiger partial charge >= 0.3 is 0 Å². The van der Waals surface area contributed by atoms with Crippen LogP contribution in [0.1, 0.15) is 12.0 Å². The number of ether oxygens (including phenoxy) is 1. The van der Waals surface area contributed by atoms with Gasteiger partial charge in [0.2, 0.25) is 11.9 Å². The van der Waals surface area contributed by atoms with E-state index < -0.39 is 6.04 Å². The number of carbonyl (C=O) groups is 2. The van der Waals surface area contributed by atoms with Gasteiger partial charge in [-0.1, -0.05) is 42.5 Å². The molecule has 1 heterocycles. The summed E-state index contributed by atoms with van der Waals surface area (Å²) in [7, 11) is 1.52. The third kappa shape index (κ3) is 4.91. The van der Waals surface area contributed by atoms with Gasteiger partial charge in [0.15, 0.2) is 0 Å². The molecule has 8 heteroatoms. The van der Waals surface area contributed by atoms with E-state index in [1.807, 2.05) is 30.3 Å². The van der Waals surface area contributed by atoms with Crippen LogP contribution in [0.15, 0.2) is 64.7 Å². The number of guanidine groups is 1. The van der Waals surface area contributed by atoms with Crippen LogP contribution in [0.3, 0.4) is 0 Å². The Morgan fingerprint density at radius 1 is 1.22 bits per heavy atom. The lowest BCUT2D eigenvalue weighted by Crippen LogP contribution is -2.35. The van der Waals surface area contributed by atoms with Gasteiger partial charge in [-0.15, -0.1) is 0 Å². The molecule has 0 fully saturated rings. The molecule has 1 unspecified atom stereocenters. The van der Waals surface area contributed by atoms with E-state index in [0.29, 0.717) is 11.4 Å². The van der Waals surface area contributed by atoms with Crippen LogP contribution in [0, 0.1) is 0 Å². The molecule has 8 nitrogen and oxygen atoms in total. The molecular formula is C19H19N5O3. The largest absolute Gasteiger partial charge is 0.495 e. The number of hydrogen-bond donors (Lipinski definition) is 3. The van der Waals surface area contributed by atoms with Crippen molar-refractivity contribution >= 4 is 29.7 Å². The SMILES string of the molecule is COc1ccccc1NC(=O)CC1N=C(NN=Cc2ccccc2)NC1=O. The third-order valence-electron chi connectivity index (χ3n) is 3.77. The number of amides is 2. The first kappa shape index (κ1) is 18.1. The highest BCUT2D eigenvalue weighted by atomic mass is 16.5. The lowest BCUT2D eigenvalue weighted by atomic mass is 10.2. The van der Waals surface area contributed by atoms with Crippen molar-refractivity contribution in [2.75, 3.05) is 12.4 Å². The normalized spacial score (nSPS) is 16.0. The van der Waals surface area contributed by atoms with Crippen molar-refractivity contribution in [2.45, 2.75) is 12.5 Å². The zero-order valence-electron chi connectivity index (χ0n) is 14.7. The number of rotatable bonds is 6. The highest BCUT2D eigenvalue weighted by Gasteiger charge is 2.28. The summed E-state index contributed by atoms with van der Waals surface area (Å²) < 4.78 is 5.19. The van der Waals surface area contributed by atoms with Gasteiger partial charge in [0.05, 0.1) is 25.4 Å². The van der Waals surface area contributed by atoms with Crippen molar-refractivity contribution < 1.29 is 14.3 Å². The molecule has 0 saturated heterocycles. The Labute approximate surface area is 156 Å². The van der Waals surface area contributed by atoms with Crippen LogP contribution in [0.4, 0.5) is 5.69 Å². The maximum atomic E-state index is 12.2. The summed E-state index contributed by atoms with van der Waals surface area (Å²) in [5, 5.41) is 9.31. The van der Waals surface area contributed by atoms with Crippen molar-refractivity contribution in [2.24, 2.45) is 10.1 Å². The standard InChI is InChI=1S/C19H19N5O3/c1-27-16-10-6-5-9-14(16)21-17(25)11-15-18(26)23-19(22-15)24-20-12-13-7-3-2-4-8-13/h2-10,12,15H,11H2,1H3,(H,21,25)(H2,22,23,24,26). The number of carbonyl (C=O) groups excluding carboxylic acids is 2. The molecule has 1 atom stereocenters. The Balaban J connectivity index is 1.56. The van der Waals surface area contributed by atoms with Crippen LogP contribution in [0.5, 0.6) is 5.75 Å². The molecule has 0 bridgehead atoms. The van der Waals surface area contributed by atoms with Gasteiger partial charge in [-0.25, -0.2) is 10.4 Å². The van der Waals surface area contributed by atoms with Gasteiger partial charge in [0.1, 0.15) is 11.8 Å². The first-order valence-electron chi connectivity index (χ1n) is 8.31. The van der Waals surface area contributed by atoms with Gasteiger partial charge in [-0.2, -0.15) is 5.10 Å². The monoisotopic (exact) mass is 365 g/mol. The van der Waals surface area contributed by atoms with Gasteiger partial charge in [-0.3, -0.25) is 14.9 Å². The van der Waals surface area contributed by atoms with Gasteiger partial charge in [0.25, 0.3) is 5.91 Å². The number of aliphatic imine (C=N–C) groups is 1. The second kappa shape index (κ2) is 8.61. The number of anilines is 1. The predicted molar refractivity (Wildman–Crippen MR) is 103 cm³/mol. The zero-order chi connectivity index (χ0) is 19.1. The second-order valence-corrected chi connectivity index (χ2v) is 5.72. The van der Waals surface area contributed by atoms with Gasteiger partial charge in [-0.05, 0) is 17.7 Å². The number of benzene rings is 2. The number of para-hydroxylation sites is 2. The average Bonchev–Trinajstić information content (AvgIpc) is 3.02. The molecule has 1 aliphatic rings. The lowest BCUT2D eigenvalue weighted by molar-refractivity contribution is -0.123. The van der Waals surface area contributed by atoms with E-state index in [2.05, 4.69) is 26.2 Å². The highest BCUT2D eigenvalue weighted by molar-refractivity contribution is 6.07. The molecule has 2 aromatic rings. The molecule has 1 aliphatic heterocycles. The van der Waals surface area contributed by atoms with Crippen molar-refractivity contribution in [3.8, 4) is 5.75 Å². The van der Waals surface area contributed by atoms with E-state index in [1.165, 1.54) is 7.11 Å². The van der Waals surface area contributed by atoms with Crippen LogP contribution in [-0.2, 0) is 9.59 Å². The Bertz CT molecular complexity index is 880. The fourth-order valence-electron chi connectivity index (χ4n) is 2.47. The number of hydrogen-bond acceptors (Lipinski definition) is 6. The second-order valence-electron chi connectivity index (χ2n) is 5.72. The van der Waals surface area contributed by atoms with Gasteiger partial charge in [0, 0.05) is 0 Å². The van der Waals surface area contributed by atoms with Crippen molar-refractivity contribution in [1.29, 1.82) is 0 Å². The molecule has 2 amide bonds. The number of nitrogens with zero attached hydrogens (tertiary/aromatic N) is 2. The maximum absolute atomic E-state index is 12.2. The number of methoxy groups -OCH3 is 1. The topological polar surface area (TPSA) is 104 Å². The van der Waals surface area contributed by atoms with Gasteiger partial charge < -0.3 is 10.1 Å². The van der Waals surface area contributed by atoms with Crippen LogP contribution in [0.2, 0.25) is 0 Å². The van der Waals surface area contributed by atoms with Crippen LogP contribution < -0.4 is 20.8 Å². The summed E-state index contributed by atoms with van der Waals surface area (Å²) in [4.78, 5) is 28.4. The fraction of sp³-hybridized carbons (Fsp3) is 0.158. The molecule has 138 valence electrons. The summed E-state index contributed by atoms with van der Waals surface area (Å²) in [6, 6.07) is 15.7. The molecule has 0 spiro atoms. The van der Waals surface area contributed by atoms with Crippen LogP contribution in [0.25, 0.3) is 0 Å². The van der Waals surface area contributed by atoms with E-state index in [1.54, 1.807) is 30.5 Å². The molecule has 27 heavy (non-hydrogen) atoms. The first-order valence-corrected chi connectivity index (χ1v) is 8.31. The molecule has 2 aromatic carbocycles. The predicted octanol–water partition coefficient (Wildman–Crippen LogP) is 1.50. The minimum Gasteiger partial charge on any atom is -0.495 e. The Morgan fingerprint density at radius 3 is 2.74 bits per heavy atom. The molecule has 3 N–H and O–H groups in total.